The van der Waals surface area contributed by atoms with Crippen LogP contribution in [-0.2, 0) is 4.79 Å². The number of nitrogens with zero attached hydrogens (tertiary/aromatic N) is 1. The summed E-state index contributed by atoms with van der Waals surface area (Å²) in [6.45, 7) is 4.00. The predicted molar refractivity (Wildman–Crippen MR) is 80.4 cm³/mol. The second kappa shape index (κ2) is 8.69. The fourth-order valence-electron chi connectivity index (χ4n) is 1.36. The van der Waals surface area contributed by atoms with E-state index in [4.69, 9.17) is 4.74 Å². The Labute approximate surface area is 122 Å². The van der Waals surface area contributed by atoms with Crippen molar-refractivity contribution in [3.8, 4) is 5.75 Å². The molecule has 19 heavy (non-hydrogen) atoms. The Morgan fingerprint density at radius 1 is 1.37 bits per heavy atom. The zero-order valence-corrected chi connectivity index (χ0v) is 12.9. The number of nitrogens with one attached hydrogen (secondary N) is 1. The fraction of sp³-hybridized carbons (Fsp3) is 0.429. The van der Waals surface area contributed by atoms with Crippen LogP contribution in [0.2, 0.25) is 0 Å². The van der Waals surface area contributed by atoms with Gasteiger partial charge in [-0.25, -0.2) is 5.43 Å². The van der Waals surface area contributed by atoms with Crippen LogP contribution in [-0.4, -0.2) is 18.2 Å². The molecular formula is C14H19BrN2O2. The summed E-state index contributed by atoms with van der Waals surface area (Å²) in [5.41, 5.74) is 3.42. The monoisotopic (exact) mass is 326 g/mol. The van der Waals surface area contributed by atoms with Gasteiger partial charge in [-0.3, -0.25) is 4.79 Å². The molecule has 0 saturated heterocycles. The quantitative estimate of drug-likeness (QED) is 0.615. The highest BCUT2D eigenvalue weighted by atomic mass is 79.9. The van der Waals surface area contributed by atoms with Crippen molar-refractivity contribution in [2.45, 2.75) is 33.1 Å². The highest BCUT2D eigenvalue weighted by molar-refractivity contribution is 9.10. The molecule has 1 N–H and O–H groups in total. The molecule has 1 rings (SSSR count). The Morgan fingerprint density at radius 3 is 2.68 bits per heavy atom. The lowest BCUT2D eigenvalue weighted by Crippen LogP contribution is -2.25. The minimum atomic E-state index is -0.251. The van der Waals surface area contributed by atoms with Crippen molar-refractivity contribution in [1.82, 2.24) is 5.43 Å². The van der Waals surface area contributed by atoms with E-state index >= 15 is 0 Å². The van der Waals surface area contributed by atoms with Crippen LogP contribution in [0, 0.1) is 0 Å². The van der Waals surface area contributed by atoms with Crippen LogP contribution in [0.1, 0.15) is 33.1 Å². The molecule has 1 amide bonds. The summed E-state index contributed by atoms with van der Waals surface area (Å²) in [7, 11) is 0. The molecule has 1 aromatic carbocycles. The van der Waals surface area contributed by atoms with Gasteiger partial charge in [0.1, 0.15) is 5.75 Å². The van der Waals surface area contributed by atoms with Crippen LogP contribution >= 0.6 is 15.9 Å². The molecule has 0 radical (unpaired) electrons. The molecule has 0 aromatic heterocycles. The summed E-state index contributed by atoms with van der Waals surface area (Å²) in [6, 6.07) is 7.32. The zero-order chi connectivity index (χ0) is 14.1. The third-order valence-corrected chi connectivity index (χ3v) is 2.98. The number of carbonyl (C=O) groups is 1. The van der Waals surface area contributed by atoms with Gasteiger partial charge < -0.3 is 4.74 Å². The maximum Gasteiger partial charge on any atom is 0.277 e. The van der Waals surface area contributed by atoms with Crippen LogP contribution in [0.4, 0.5) is 0 Å². The van der Waals surface area contributed by atoms with Crippen molar-refractivity contribution < 1.29 is 9.53 Å². The van der Waals surface area contributed by atoms with E-state index in [1.165, 1.54) is 0 Å². The van der Waals surface area contributed by atoms with Gasteiger partial charge >= 0.3 is 0 Å². The minimum absolute atomic E-state index is 0.0355. The molecule has 0 aliphatic rings. The molecule has 0 fully saturated rings. The Hall–Kier alpha value is -1.36. The SMILES string of the molecule is CCCC/C(C)=N\NC(=O)COc1ccc(Br)cc1. The molecule has 4 nitrogen and oxygen atoms in total. The number of hydrogen-bond donors (Lipinski definition) is 1. The molecule has 0 spiro atoms. The van der Waals surface area contributed by atoms with Crippen LogP contribution in [0.15, 0.2) is 33.8 Å². The van der Waals surface area contributed by atoms with Gasteiger partial charge in [0, 0.05) is 10.2 Å². The standard InChI is InChI=1S/C14H19BrN2O2/c1-3-4-5-11(2)16-17-14(18)10-19-13-8-6-12(15)7-9-13/h6-9H,3-5,10H2,1-2H3,(H,17,18)/b16-11-. The van der Waals surface area contributed by atoms with Crippen molar-refractivity contribution in [2.75, 3.05) is 6.61 Å². The summed E-state index contributed by atoms with van der Waals surface area (Å²) >= 11 is 3.33. The molecule has 1 aromatic rings. The summed E-state index contributed by atoms with van der Waals surface area (Å²) in [5.74, 6) is 0.406. The van der Waals surface area contributed by atoms with Crippen LogP contribution in [0.25, 0.3) is 0 Å². The number of benzene rings is 1. The van der Waals surface area contributed by atoms with E-state index in [1.54, 1.807) is 12.1 Å². The van der Waals surface area contributed by atoms with Crippen LogP contribution < -0.4 is 10.2 Å². The molecule has 0 aliphatic carbocycles. The van der Waals surface area contributed by atoms with Gasteiger partial charge in [0.05, 0.1) is 0 Å². The topological polar surface area (TPSA) is 50.7 Å². The van der Waals surface area contributed by atoms with E-state index in [-0.39, 0.29) is 12.5 Å². The molecule has 0 bridgehead atoms. The van der Waals surface area contributed by atoms with Crippen LogP contribution in [0.5, 0.6) is 5.75 Å². The number of halogens is 1. The van der Waals surface area contributed by atoms with Gasteiger partial charge in [0.2, 0.25) is 0 Å². The van der Waals surface area contributed by atoms with E-state index in [2.05, 4.69) is 33.4 Å². The molecule has 104 valence electrons. The van der Waals surface area contributed by atoms with Gasteiger partial charge in [-0.1, -0.05) is 29.3 Å². The zero-order valence-electron chi connectivity index (χ0n) is 11.3. The van der Waals surface area contributed by atoms with Crippen molar-refractivity contribution in [1.29, 1.82) is 0 Å². The second-order valence-electron chi connectivity index (χ2n) is 4.23. The number of ether oxygens (including phenoxy) is 1. The molecule has 5 heteroatoms. The average molecular weight is 327 g/mol. The van der Waals surface area contributed by atoms with Crippen LogP contribution in [0.3, 0.4) is 0 Å². The number of amides is 1. The van der Waals surface area contributed by atoms with Gasteiger partial charge in [-0.15, -0.1) is 0 Å². The van der Waals surface area contributed by atoms with Gasteiger partial charge in [-0.2, -0.15) is 5.10 Å². The molecule has 0 aliphatic heterocycles. The van der Waals surface area contributed by atoms with Gasteiger partial charge in [0.15, 0.2) is 6.61 Å². The predicted octanol–water partition coefficient (Wildman–Crippen LogP) is 3.51. The first kappa shape index (κ1) is 15.7. The largest absolute Gasteiger partial charge is 0.484 e. The van der Waals surface area contributed by atoms with Crippen molar-refractivity contribution >= 4 is 27.5 Å². The molecule has 0 heterocycles. The Morgan fingerprint density at radius 2 is 2.05 bits per heavy atom. The first-order valence-corrected chi connectivity index (χ1v) is 7.11. The first-order valence-electron chi connectivity index (χ1n) is 6.32. The van der Waals surface area contributed by atoms with E-state index in [9.17, 15) is 4.79 Å². The molecule has 0 atom stereocenters. The maximum atomic E-state index is 11.5. The summed E-state index contributed by atoms with van der Waals surface area (Å²) in [6.07, 6.45) is 3.11. The van der Waals surface area contributed by atoms with E-state index in [1.807, 2.05) is 19.1 Å². The Kier molecular flexibility index (Phi) is 7.18. The smallest absolute Gasteiger partial charge is 0.277 e. The summed E-state index contributed by atoms with van der Waals surface area (Å²) < 4.78 is 6.31. The van der Waals surface area contributed by atoms with Gasteiger partial charge in [-0.05, 0) is 44.0 Å². The minimum Gasteiger partial charge on any atom is -0.484 e. The van der Waals surface area contributed by atoms with E-state index < -0.39 is 0 Å². The lowest BCUT2D eigenvalue weighted by molar-refractivity contribution is -0.123. The average Bonchev–Trinajstić information content (AvgIpc) is 2.42. The molecular weight excluding hydrogens is 308 g/mol. The van der Waals surface area contributed by atoms with Crippen molar-refractivity contribution in [2.24, 2.45) is 5.10 Å². The Bertz CT molecular complexity index is 430. The number of carbonyl (C=O) groups excluding carboxylic acids is 1. The normalized spacial score (nSPS) is 11.2. The molecule has 0 saturated carbocycles. The summed E-state index contributed by atoms with van der Waals surface area (Å²) in [4.78, 5) is 11.5. The van der Waals surface area contributed by atoms with Crippen molar-refractivity contribution in [3.63, 3.8) is 0 Å². The number of hydrogen-bond acceptors (Lipinski definition) is 3. The Balaban J connectivity index is 2.29. The van der Waals surface area contributed by atoms with E-state index in [0.717, 1.165) is 29.4 Å². The van der Waals surface area contributed by atoms with Gasteiger partial charge in [0.25, 0.3) is 5.91 Å². The highest BCUT2D eigenvalue weighted by Gasteiger charge is 2.02. The third kappa shape index (κ3) is 6.96. The number of rotatable bonds is 7. The first-order chi connectivity index (χ1) is 9.11. The number of hydrazone groups is 1. The highest BCUT2D eigenvalue weighted by Crippen LogP contribution is 2.15. The summed E-state index contributed by atoms with van der Waals surface area (Å²) in [5, 5.41) is 4.02. The lowest BCUT2D eigenvalue weighted by atomic mass is 10.2. The van der Waals surface area contributed by atoms with E-state index in [0.29, 0.717) is 5.75 Å². The fourth-order valence-corrected chi connectivity index (χ4v) is 1.62. The lowest BCUT2D eigenvalue weighted by Gasteiger charge is -2.05. The van der Waals surface area contributed by atoms with Crippen molar-refractivity contribution in [3.05, 3.63) is 28.7 Å². The second-order valence-corrected chi connectivity index (χ2v) is 5.14. The maximum absolute atomic E-state index is 11.5. The number of unbranched alkanes of at least 4 members (excludes halogenated alkanes) is 1. The molecule has 0 unspecified atom stereocenters. The third-order valence-electron chi connectivity index (χ3n) is 2.45.